The van der Waals surface area contributed by atoms with Gasteiger partial charge in [0.05, 0.1) is 29.1 Å². The predicted octanol–water partition coefficient (Wildman–Crippen LogP) is 6.26. The highest BCUT2D eigenvalue weighted by molar-refractivity contribution is 7.81. The summed E-state index contributed by atoms with van der Waals surface area (Å²) in [6, 6.07) is 9.00. The number of para-hydroxylation sites is 1. The molecule has 1 aliphatic rings. The lowest BCUT2D eigenvalue weighted by atomic mass is 10.0. The number of halogens is 3. The Balaban J connectivity index is 1.47. The van der Waals surface area contributed by atoms with Gasteiger partial charge < -0.3 is 15.0 Å². The van der Waals surface area contributed by atoms with Gasteiger partial charge in [0.1, 0.15) is 28.8 Å². The van der Waals surface area contributed by atoms with Crippen molar-refractivity contribution in [3.63, 3.8) is 0 Å². The molecule has 2 aromatic heterocycles. The minimum Gasteiger partial charge on any atom is -0.444 e. The largest absolute Gasteiger partial charge is 0.444 e. The zero-order valence-electron chi connectivity index (χ0n) is 26.3. The van der Waals surface area contributed by atoms with E-state index in [1.807, 2.05) is 0 Å². The smallest absolute Gasteiger partial charge is 0.410 e. The van der Waals surface area contributed by atoms with Crippen molar-refractivity contribution in [2.45, 2.75) is 64.9 Å². The molecule has 0 aliphatic carbocycles. The van der Waals surface area contributed by atoms with Crippen LogP contribution in [0.4, 0.5) is 30.9 Å². The average molecular weight is 690 g/mol. The summed E-state index contributed by atoms with van der Waals surface area (Å²) in [4.78, 5) is 41.0. The second-order valence-corrected chi connectivity index (χ2v) is 13.6. The SMILES string of the molecule is CC(C)n1c(=O)c(-c2ccc(N(c3ccccc3Cl)S(=O)O)c(F)c2)nc2cnc(N[C@H]3C[C@H](F)CN(C(=O)OC(C)(C)C)C3)nc21. The standard InChI is InChI=1S/C31H34ClF2N7O5S/c1-17(2)40-27-23(14-35-29(38-27)36-20-13-19(33)15-39(16-20)30(43)46-31(3,4)5)37-26(28(40)42)18-10-11-25(22(34)12-18)41(47(44)45)24-9-7-6-8-21(24)32/h6-12,14,17,19-20H,13,15-16H2,1-5H3,(H,44,45)(H,35,36,38)/t19-,20-/m0/s1. The van der Waals surface area contributed by atoms with Crippen LogP contribution < -0.4 is 15.2 Å². The van der Waals surface area contributed by atoms with Gasteiger partial charge in [-0.05, 0) is 58.9 Å². The molecule has 4 aromatic rings. The van der Waals surface area contributed by atoms with Gasteiger partial charge in [-0.3, -0.25) is 13.9 Å². The molecular formula is C31H34ClF2N7O5S. The molecule has 1 saturated heterocycles. The molecule has 0 saturated carbocycles. The van der Waals surface area contributed by atoms with E-state index in [2.05, 4.69) is 20.3 Å². The topological polar surface area (TPSA) is 143 Å². The summed E-state index contributed by atoms with van der Waals surface area (Å²) in [7, 11) is 0. The summed E-state index contributed by atoms with van der Waals surface area (Å²) in [5.74, 6) is -0.784. The molecule has 16 heteroatoms. The minimum atomic E-state index is -2.67. The fraction of sp³-hybridized carbons (Fsp3) is 0.387. The summed E-state index contributed by atoms with van der Waals surface area (Å²) in [5, 5.41) is 3.21. The number of ether oxygens (including phenoxy) is 1. The number of anilines is 3. The first kappa shape index (κ1) is 34.1. The Labute approximate surface area is 277 Å². The summed E-state index contributed by atoms with van der Waals surface area (Å²) < 4.78 is 60.1. The van der Waals surface area contributed by atoms with Crippen molar-refractivity contribution in [2.24, 2.45) is 0 Å². The normalized spacial score (nSPS) is 17.5. The molecule has 1 aliphatic heterocycles. The lowest BCUT2D eigenvalue weighted by molar-refractivity contribution is 0.0124. The van der Waals surface area contributed by atoms with E-state index in [1.54, 1.807) is 46.8 Å². The number of nitrogens with one attached hydrogen (secondary N) is 1. The number of hydrogen-bond acceptors (Lipinski definition) is 8. The molecule has 1 unspecified atom stereocenters. The maximum atomic E-state index is 15.6. The first-order valence-corrected chi connectivity index (χ1v) is 16.2. The number of amides is 1. The van der Waals surface area contributed by atoms with Gasteiger partial charge in [-0.15, -0.1) is 0 Å². The molecule has 1 fully saturated rings. The Morgan fingerprint density at radius 1 is 1.17 bits per heavy atom. The summed E-state index contributed by atoms with van der Waals surface area (Å²) >= 11 is 3.54. The Morgan fingerprint density at radius 3 is 2.53 bits per heavy atom. The Morgan fingerprint density at radius 2 is 1.89 bits per heavy atom. The number of piperidine rings is 1. The summed E-state index contributed by atoms with van der Waals surface area (Å²) in [5.41, 5.74) is -0.957. The van der Waals surface area contributed by atoms with Crippen molar-refractivity contribution in [1.82, 2.24) is 24.4 Å². The molecule has 1 amide bonds. The molecule has 2 aromatic carbocycles. The fourth-order valence-electron chi connectivity index (χ4n) is 5.27. The van der Waals surface area contributed by atoms with Gasteiger partial charge in [0.25, 0.3) is 16.8 Å². The van der Waals surface area contributed by atoms with E-state index < -0.39 is 52.6 Å². The van der Waals surface area contributed by atoms with E-state index >= 15 is 4.39 Å². The van der Waals surface area contributed by atoms with Crippen molar-refractivity contribution in [2.75, 3.05) is 22.7 Å². The number of rotatable bonds is 7. The van der Waals surface area contributed by atoms with Gasteiger partial charge in [0.2, 0.25) is 5.95 Å². The van der Waals surface area contributed by atoms with E-state index in [1.165, 1.54) is 39.9 Å². The van der Waals surface area contributed by atoms with Crippen LogP contribution in [0.3, 0.4) is 0 Å². The summed E-state index contributed by atoms with van der Waals surface area (Å²) in [6.07, 6.45) is -0.420. The van der Waals surface area contributed by atoms with Gasteiger partial charge in [-0.25, -0.2) is 32.1 Å². The van der Waals surface area contributed by atoms with Crippen molar-refractivity contribution < 1.29 is 27.1 Å². The number of hydrogen-bond donors (Lipinski definition) is 2. The molecule has 250 valence electrons. The van der Waals surface area contributed by atoms with Gasteiger partial charge >= 0.3 is 6.09 Å². The third-order valence-corrected chi connectivity index (χ3v) is 8.23. The lowest BCUT2D eigenvalue weighted by Crippen LogP contribution is -2.51. The van der Waals surface area contributed by atoms with E-state index in [0.717, 1.165) is 10.4 Å². The van der Waals surface area contributed by atoms with Crippen LogP contribution in [0.5, 0.6) is 0 Å². The molecule has 3 atom stereocenters. The molecule has 0 spiro atoms. The number of carbonyl (C=O) groups is 1. The minimum absolute atomic E-state index is 0.0871. The second kappa shape index (κ2) is 13.5. The third-order valence-electron chi connectivity index (χ3n) is 7.20. The van der Waals surface area contributed by atoms with Crippen molar-refractivity contribution in [1.29, 1.82) is 0 Å². The summed E-state index contributed by atoms with van der Waals surface area (Å²) in [6.45, 7) is 8.80. The lowest BCUT2D eigenvalue weighted by Gasteiger charge is -2.36. The number of aromatic nitrogens is 4. The van der Waals surface area contributed by atoms with E-state index in [0.29, 0.717) is 0 Å². The monoisotopic (exact) mass is 689 g/mol. The number of likely N-dealkylation sites (tertiary alicyclic amines) is 1. The van der Waals surface area contributed by atoms with Crippen LogP contribution in [-0.4, -0.2) is 70.2 Å². The molecule has 12 nitrogen and oxygen atoms in total. The number of benzene rings is 2. The maximum absolute atomic E-state index is 15.6. The number of fused-ring (bicyclic) bond motifs is 1. The number of alkyl halides is 1. The van der Waals surface area contributed by atoms with Gasteiger partial charge in [0, 0.05) is 30.6 Å². The Kier molecular flexibility index (Phi) is 9.80. The Hall–Kier alpha value is -4.21. The van der Waals surface area contributed by atoms with E-state index in [4.69, 9.17) is 16.3 Å². The van der Waals surface area contributed by atoms with Crippen LogP contribution in [0.25, 0.3) is 22.4 Å². The molecule has 3 heterocycles. The molecule has 0 bridgehead atoms. The first-order chi connectivity index (χ1) is 22.1. The second-order valence-electron chi connectivity index (χ2n) is 12.3. The highest BCUT2D eigenvalue weighted by Gasteiger charge is 2.33. The predicted molar refractivity (Wildman–Crippen MR) is 176 cm³/mol. The van der Waals surface area contributed by atoms with Gasteiger partial charge in [0.15, 0.2) is 5.65 Å². The molecule has 0 radical (unpaired) electrons. The molecular weight excluding hydrogens is 656 g/mol. The van der Waals surface area contributed by atoms with Crippen LogP contribution in [0.2, 0.25) is 5.02 Å². The van der Waals surface area contributed by atoms with Crippen LogP contribution in [0.15, 0.2) is 53.5 Å². The van der Waals surface area contributed by atoms with Gasteiger partial charge in [-0.2, -0.15) is 4.98 Å². The molecule has 5 rings (SSSR count). The number of nitrogens with zero attached hydrogens (tertiary/aromatic N) is 6. The van der Waals surface area contributed by atoms with Crippen LogP contribution in [-0.2, 0) is 16.0 Å². The average Bonchev–Trinajstić information content (AvgIpc) is 2.97. The van der Waals surface area contributed by atoms with Crippen molar-refractivity contribution >= 4 is 57.4 Å². The molecule has 2 N–H and O–H groups in total. The van der Waals surface area contributed by atoms with Crippen molar-refractivity contribution in [3.8, 4) is 11.3 Å². The van der Waals surface area contributed by atoms with Crippen molar-refractivity contribution in [3.05, 3.63) is 69.9 Å². The van der Waals surface area contributed by atoms with Gasteiger partial charge in [-0.1, -0.05) is 29.8 Å². The zero-order valence-corrected chi connectivity index (χ0v) is 27.9. The quantitative estimate of drug-likeness (QED) is 0.215. The van der Waals surface area contributed by atoms with E-state index in [-0.39, 0.29) is 64.3 Å². The highest BCUT2D eigenvalue weighted by atomic mass is 35.5. The van der Waals surface area contributed by atoms with E-state index in [9.17, 15) is 22.7 Å². The first-order valence-electron chi connectivity index (χ1n) is 14.8. The fourth-order valence-corrected chi connectivity index (χ4v) is 6.19. The third kappa shape index (κ3) is 7.52. The zero-order chi connectivity index (χ0) is 34.2. The van der Waals surface area contributed by atoms with Crippen LogP contribution >= 0.6 is 11.6 Å². The number of carbonyl (C=O) groups excluding carboxylic acids is 1. The van der Waals surface area contributed by atoms with Crippen LogP contribution in [0.1, 0.15) is 47.1 Å². The molecule has 47 heavy (non-hydrogen) atoms. The highest BCUT2D eigenvalue weighted by Crippen LogP contribution is 2.35. The maximum Gasteiger partial charge on any atom is 0.410 e. The Bertz CT molecular complexity index is 1900. The van der Waals surface area contributed by atoms with Crippen LogP contribution in [0, 0.1) is 5.82 Å².